The standard InChI is InChI=1S/C8H7Cl2N/c1-6(5-9)8-7(10)3-2-4-11-8/h2-4H,1,5H2. The highest BCUT2D eigenvalue weighted by Crippen LogP contribution is 2.19. The first kappa shape index (κ1) is 8.57. The second-order valence-corrected chi connectivity index (χ2v) is 2.75. The maximum Gasteiger partial charge on any atom is 0.0853 e. The van der Waals surface area contributed by atoms with Crippen LogP contribution in [-0.4, -0.2) is 10.9 Å². The number of nitrogens with zero attached hydrogens (tertiary/aromatic N) is 1. The Morgan fingerprint density at radius 2 is 2.36 bits per heavy atom. The van der Waals surface area contributed by atoms with E-state index in [0.29, 0.717) is 16.6 Å². The van der Waals surface area contributed by atoms with Crippen molar-refractivity contribution in [3.63, 3.8) is 0 Å². The minimum atomic E-state index is 0.358. The third kappa shape index (κ3) is 1.95. The number of halogens is 2. The van der Waals surface area contributed by atoms with Crippen molar-refractivity contribution in [2.75, 3.05) is 5.88 Å². The van der Waals surface area contributed by atoms with Gasteiger partial charge in [-0.25, -0.2) is 0 Å². The Morgan fingerprint density at radius 3 is 2.91 bits per heavy atom. The summed E-state index contributed by atoms with van der Waals surface area (Å²) in [5.41, 5.74) is 1.43. The van der Waals surface area contributed by atoms with Crippen molar-refractivity contribution in [2.45, 2.75) is 0 Å². The van der Waals surface area contributed by atoms with Gasteiger partial charge in [-0.3, -0.25) is 4.98 Å². The first-order valence-corrected chi connectivity index (χ1v) is 4.01. The molecule has 0 fully saturated rings. The fraction of sp³-hybridized carbons (Fsp3) is 0.125. The van der Waals surface area contributed by atoms with Gasteiger partial charge in [0, 0.05) is 12.1 Å². The fourth-order valence-electron chi connectivity index (χ4n) is 0.709. The molecule has 1 aromatic heterocycles. The Kier molecular flexibility index (Phi) is 2.92. The SMILES string of the molecule is C=C(CCl)c1ncccc1Cl. The van der Waals surface area contributed by atoms with Crippen molar-refractivity contribution >= 4 is 28.8 Å². The third-order valence-corrected chi connectivity index (χ3v) is 1.88. The summed E-state index contributed by atoms with van der Waals surface area (Å²) in [5, 5.41) is 0.596. The molecule has 0 atom stereocenters. The van der Waals surface area contributed by atoms with Crippen molar-refractivity contribution in [3.05, 3.63) is 35.6 Å². The smallest absolute Gasteiger partial charge is 0.0853 e. The van der Waals surface area contributed by atoms with Crippen molar-refractivity contribution in [1.29, 1.82) is 0 Å². The Hall–Kier alpha value is -0.530. The zero-order chi connectivity index (χ0) is 8.27. The zero-order valence-corrected chi connectivity index (χ0v) is 7.36. The molecule has 0 saturated heterocycles. The van der Waals surface area contributed by atoms with Crippen molar-refractivity contribution in [2.24, 2.45) is 0 Å². The average molecular weight is 188 g/mol. The lowest BCUT2D eigenvalue weighted by molar-refractivity contribution is 1.27. The highest BCUT2D eigenvalue weighted by atomic mass is 35.5. The number of alkyl halides is 1. The van der Waals surface area contributed by atoms with E-state index in [2.05, 4.69) is 11.6 Å². The second kappa shape index (κ2) is 3.74. The van der Waals surface area contributed by atoms with Gasteiger partial charge in [-0.05, 0) is 17.7 Å². The molecule has 0 aliphatic carbocycles. The molecule has 11 heavy (non-hydrogen) atoms. The van der Waals surface area contributed by atoms with Crippen LogP contribution in [0.3, 0.4) is 0 Å². The van der Waals surface area contributed by atoms with Gasteiger partial charge in [-0.2, -0.15) is 0 Å². The Balaban J connectivity index is 3.03. The van der Waals surface area contributed by atoms with Gasteiger partial charge in [0.25, 0.3) is 0 Å². The van der Waals surface area contributed by atoms with Gasteiger partial charge >= 0.3 is 0 Å². The molecule has 1 rings (SSSR count). The Morgan fingerprint density at radius 1 is 1.64 bits per heavy atom. The third-order valence-electron chi connectivity index (χ3n) is 1.25. The summed E-state index contributed by atoms with van der Waals surface area (Å²) in [6, 6.07) is 3.54. The quantitative estimate of drug-likeness (QED) is 0.650. The molecule has 0 aliphatic rings. The lowest BCUT2D eigenvalue weighted by Crippen LogP contribution is -1.89. The number of hydrogen-bond donors (Lipinski definition) is 0. The van der Waals surface area contributed by atoms with Crippen LogP contribution in [-0.2, 0) is 0 Å². The molecule has 0 spiro atoms. The molecule has 0 radical (unpaired) electrons. The molecule has 1 heterocycles. The first-order valence-electron chi connectivity index (χ1n) is 3.10. The van der Waals surface area contributed by atoms with E-state index in [1.165, 1.54) is 0 Å². The highest BCUT2D eigenvalue weighted by molar-refractivity contribution is 6.32. The van der Waals surface area contributed by atoms with Crippen LogP contribution in [0.25, 0.3) is 5.57 Å². The summed E-state index contributed by atoms with van der Waals surface area (Å²) < 4.78 is 0. The van der Waals surface area contributed by atoms with Crippen LogP contribution < -0.4 is 0 Å². The Bertz CT molecular complexity index is 271. The van der Waals surface area contributed by atoms with E-state index in [9.17, 15) is 0 Å². The van der Waals surface area contributed by atoms with Gasteiger partial charge in [-0.15, -0.1) is 11.6 Å². The minimum absolute atomic E-state index is 0.358. The van der Waals surface area contributed by atoms with Crippen LogP contribution in [0.15, 0.2) is 24.9 Å². The van der Waals surface area contributed by atoms with Crippen molar-refractivity contribution < 1.29 is 0 Å². The van der Waals surface area contributed by atoms with E-state index in [-0.39, 0.29) is 0 Å². The molecular formula is C8H7Cl2N. The van der Waals surface area contributed by atoms with Crippen LogP contribution in [0.2, 0.25) is 5.02 Å². The summed E-state index contributed by atoms with van der Waals surface area (Å²) in [7, 11) is 0. The van der Waals surface area contributed by atoms with Gasteiger partial charge < -0.3 is 0 Å². The summed E-state index contributed by atoms with van der Waals surface area (Å²) in [6.45, 7) is 3.73. The topological polar surface area (TPSA) is 12.9 Å². The number of hydrogen-bond acceptors (Lipinski definition) is 1. The largest absolute Gasteiger partial charge is 0.255 e. The van der Waals surface area contributed by atoms with Crippen LogP contribution >= 0.6 is 23.2 Å². The number of allylic oxidation sites excluding steroid dienone is 1. The van der Waals surface area contributed by atoms with E-state index >= 15 is 0 Å². The molecule has 1 aromatic rings. The minimum Gasteiger partial charge on any atom is -0.255 e. The van der Waals surface area contributed by atoms with E-state index < -0.39 is 0 Å². The predicted octanol–water partition coefficient (Wildman–Crippen LogP) is 2.99. The molecule has 0 saturated carbocycles. The van der Waals surface area contributed by atoms with Gasteiger partial charge in [0.2, 0.25) is 0 Å². The molecule has 0 unspecified atom stereocenters. The number of aromatic nitrogens is 1. The van der Waals surface area contributed by atoms with Gasteiger partial charge in [0.05, 0.1) is 10.7 Å². The predicted molar refractivity (Wildman–Crippen MR) is 49.0 cm³/mol. The number of rotatable bonds is 2. The second-order valence-electron chi connectivity index (χ2n) is 2.07. The summed E-state index contributed by atoms with van der Waals surface area (Å²) in [6.07, 6.45) is 1.67. The molecule has 0 N–H and O–H groups in total. The first-order chi connectivity index (χ1) is 5.25. The molecule has 0 bridgehead atoms. The van der Waals surface area contributed by atoms with Crippen LogP contribution in [0, 0.1) is 0 Å². The van der Waals surface area contributed by atoms with E-state index in [0.717, 1.165) is 5.57 Å². The van der Waals surface area contributed by atoms with E-state index in [1.807, 2.05) is 0 Å². The molecular weight excluding hydrogens is 181 g/mol. The molecule has 58 valence electrons. The number of pyridine rings is 1. The fourth-order valence-corrected chi connectivity index (χ4v) is 1.09. The monoisotopic (exact) mass is 187 g/mol. The lowest BCUT2D eigenvalue weighted by atomic mass is 10.2. The van der Waals surface area contributed by atoms with Crippen LogP contribution in [0.1, 0.15) is 5.69 Å². The molecule has 0 aromatic carbocycles. The van der Waals surface area contributed by atoms with E-state index in [1.54, 1.807) is 18.3 Å². The summed E-state index contributed by atoms with van der Waals surface area (Å²) in [4.78, 5) is 4.03. The van der Waals surface area contributed by atoms with Crippen LogP contribution in [0.4, 0.5) is 0 Å². The van der Waals surface area contributed by atoms with Gasteiger partial charge in [-0.1, -0.05) is 18.2 Å². The van der Waals surface area contributed by atoms with Gasteiger partial charge in [0.15, 0.2) is 0 Å². The highest BCUT2D eigenvalue weighted by Gasteiger charge is 2.02. The Labute approximate surface area is 75.7 Å². The normalized spacial score (nSPS) is 9.64. The maximum atomic E-state index is 5.82. The maximum absolute atomic E-state index is 5.82. The molecule has 0 amide bonds. The summed E-state index contributed by atoms with van der Waals surface area (Å²) in [5.74, 6) is 0.358. The van der Waals surface area contributed by atoms with Crippen LogP contribution in [0.5, 0.6) is 0 Å². The van der Waals surface area contributed by atoms with Crippen molar-refractivity contribution in [1.82, 2.24) is 4.98 Å². The zero-order valence-electron chi connectivity index (χ0n) is 5.85. The van der Waals surface area contributed by atoms with Gasteiger partial charge in [0.1, 0.15) is 0 Å². The van der Waals surface area contributed by atoms with Crippen molar-refractivity contribution in [3.8, 4) is 0 Å². The van der Waals surface area contributed by atoms with E-state index in [4.69, 9.17) is 23.2 Å². The molecule has 1 nitrogen and oxygen atoms in total. The summed E-state index contributed by atoms with van der Waals surface area (Å²) >= 11 is 11.4. The average Bonchev–Trinajstić information content (AvgIpc) is 2.04. The lowest BCUT2D eigenvalue weighted by Gasteiger charge is -2.01. The molecule has 0 aliphatic heterocycles. The molecule has 3 heteroatoms.